The minimum absolute atomic E-state index is 0.0336. The molecule has 0 spiro atoms. The predicted octanol–water partition coefficient (Wildman–Crippen LogP) is -2.06. The summed E-state index contributed by atoms with van der Waals surface area (Å²) in [5.41, 5.74) is -0.209. The van der Waals surface area contributed by atoms with E-state index in [1.54, 1.807) is 13.0 Å². The van der Waals surface area contributed by atoms with E-state index in [4.69, 9.17) is 5.41 Å². The van der Waals surface area contributed by atoms with Crippen molar-refractivity contribution in [2.24, 2.45) is 0 Å². The van der Waals surface area contributed by atoms with Crippen LogP contribution in [0.4, 0.5) is 0 Å². The molecular formula is C20H35N7O5. The molecule has 0 aromatic carbocycles. The number of allylic oxidation sites excluding steroid dienone is 1. The zero-order chi connectivity index (χ0) is 24.2. The maximum absolute atomic E-state index is 12.0. The second kappa shape index (κ2) is 18.5. The van der Waals surface area contributed by atoms with Gasteiger partial charge in [-0.15, -0.1) is 0 Å². The Morgan fingerprint density at radius 1 is 0.906 bits per heavy atom. The zero-order valence-electron chi connectivity index (χ0n) is 18.7. The third kappa shape index (κ3) is 15.5. The average Bonchev–Trinajstić information content (AvgIpc) is 2.76. The van der Waals surface area contributed by atoms with E-state index in [9.17, 15) is 24.0 Å². The first-order valence-corrected chi connectivity index (χ1v) is 10.5. The topological polar surface area (TPSA) is 181 Å². The van der Waals surface area contributed by atoms with Gasteiger partial charge in [-0.25, -0.2) is 0 Å². The van der Waals surface area contributed by atoms with E-state index < -0.39 is 23.8 Å². The number of amides is 5. The molecular weight excluding hydrogens is 418 g/mol. The maximum atomic E-state index is 12.0. The van der Waals surface area contributed by atoms with E-state index in [-0.39, 0.29) is 31.1 Å². The largest absolute Gasteiger partial charge is 0.359 e. The Morgan fingerprint density at radius 3 is 2.25 bits per heavy atom. The maximum Gasteiger partial charge on any atom is 0.269 e. The van der Waals surface area contributed by atoms with Gasteiger partial charge in [0.2, 0.25) is 24.1 Å². The first kappa shape index (κ1) is 28.7. The Kier molecular flexibility index (Phi) is 16.6. The van der Waals surface area contributed by atoms with Crippen molar-refractivity contribution in [3.63, 3.8) is 0 Å². The van der Waals surface area contributed by atoms with Gasteiger partial charge in [-0.05, 0) is 45.9 Å². The highest BCUT2D eigenvalue weighted by atomic mass is 16.2. The number of carbonyl (C=O) groups is 5. The molecule has 0 bridgehead atoms. The SMILES string of the molecule is C/C=C\C(=N)C(=O)NCCC(=O)NC(C)C(=O)NCC(=O)NCCCNCCCNC=O. The molecule has 0 fully saturated rings. The molecule has 0 heterocycles. The van der Waals surface area contributed by atoms with Crippen LogP contribution in [0.25, 0.3) is 0 Å². The predicted molar refractivity (Wildman–Crippen MR) is 120 cm³/mol. The van der Waals surface area contributed by atoms with E-state index in [2.05, 4.69) is 31.9 Å². The molecule has 0 rings (SSSR count). The number of nitrogens with one attached hydrogen (secondary N) is 7. The molecule has 1 atom stereocenters. The van der Waals surface area contributed by atoms with Crippen LogP contribution in [0.5, 0.6) is 0 Å². The zero-order valence-corrected chi connectivity index (χ0v) is 18.7. The number of hydrogen-bond donors (Lipinski definition) is 7. The summed E-state index contributed by atoms with van der Waals surface area (Å²) in [4.78, 5) is 57.2. The van der Waals surface area contributed by atoms with Gasteiger partial charge in [0, 0.05) is 26.1 Å². The van der Waals surface area contributed by atoms with Gasteiger partial charge in [-0.2, -0.15) is 0 Å². The lowest BCUT2D eigenvalue weighted by atomic mass is 10.2. The van der Waals surface area contributed by atoms with E-state index in [0.29, 0.717) is 26.0 Å². The summed E-state index contributed by atoms with van der Waals surface area (Å²) in [6.07, 6.45) is 5.05. The molecule has 12 heteroatoms. The summed E-state index contributed by atoms with van der Waals surface area (Å²) in [5.74, 6) is -1.86. The quantitative estimate of drug-likeness (QED) is 0.0711. The molecule has 12 nitrogen and oxygen atoms in total. The molecule has 0 aliphatic heterocycles. The number of carbonyl (C=O) groups excluding carboxylic acids is 5. The van der Waals surface area contributed by atoms with Crippen molar-refractivity contribution in [3.05, 3.63) is 12.2 Å². The molecule has 32 heavy (non-hydrogen) atoms. The van der Waals surface area contributed by atoms with E-state index >= 15 is 0 Å². The molecule has 5 amide bonds. The summed E-state index contributed by atoms with van der Waals surface area (Å²) in [6.45, 7) is 5.56. The molecule has 0 aromatic heterocycles. The van der Waals surface area contributed by atoms with Crippen molar-refractivity contribution in [1.82, 2.24) is 31.9 Å². The van der Waals surface area contributed by atoms with Gasteiger partial charge in [0.05, 0.1) is 6.54 Å². The Morgan fingerprint density at radius 2 is 1.59 bits per heavy atom. The van der Waals surface area contributed by atoms with Crippen LogP contribution >= 0.6 is 0 Å². The van der Waals surface area contributed by atoms with Crippen LogP contribution in [0.15, 0.2) is 12.2 Å². The van der Waals surface area contributed by atoms with E-state index in [0.717, 1.165) is 19.4 Å². The number of hydrogen-bond acceptors (Lipinski definition) is 7. The van der Waals surface area contributed by atoms with Gasteiger partial charge < -0.3 is 31.9 Å². The summed E-state index contributed by atoms with van der Waals surface area (Å²) < 4.78 is 0. The van der Waals surface area contributed by atoms with Gasteiger partial charge in [0.1, 0.15) is 11.8 Å². The van der Waals surface area contributed by atoms with Gasteiger partial charge in [0.25, 0.3) is 5.91 Å². The van der Waals surface area contributed by atoms with Crippen LogP contribution in [0.2, 0.25) is 0 Å². The highest BCUT2D eigenvalue weighted by Gasteiger charge is 2.16. The molecule has 7 N–H and O–H groups in total. The third-order valence-electron chi connectivity index (χ3n) is 4.02. The lowest BCUT2D eigenvalue weighted by Gasteiger charge is -2.14. The average molecular weight is 454 g/mol. The van der Waals surface area contributed by atoms with E-state index in [1.165, 1.54) is 13.0 Å². The van der Waals surface area contributed by atoms with E-state index in [1.807, 2.05) is 0 Å². The monoisotopic (exact) mass is 453 g/mol. The summed E-state index contributed by atoms with van der Waals surface area (Å²) in [5, 5.41) is 23.2. The smallest absolute Gasteiger partial charge is 0.269 e. The normalized spacial score (nSPS) is 11.3. The second-order valence-corrected chi connectivity index (χ2v) is 6.81. The third-order valence-corrected chi connectivity index (χ3v) is 4.02. The first-order chi connectivity index (χ1) is 15.3. The van der Waals surface area contributed by atoms with Crippen LogP contribution < -0.4 is 31.9 Å². The van der Waals surface area contributed by atoms with Crippen LogP contribution in [-0.2, 0) is 24.0 Å². The molecule has 0 aliphatic carbocycles. The Bertz CT molecular complexity index is 667. The Hall–Kier alpha value is -3.28. The summed E-state index contributed by atoms with van der Waals surface area (Å²) in [6, 6.07) is -0.842. The second-order valence-electron chi connectivity index (χ2n) is 6.81. The molecule has 0 saturated carbocycles. The molecule has 180 valence electrons. The standard InChI is InChI=1S/C20H35N7O5/c1-3-6-16(21)20(32)25-12-7-17(29)27-15(2)19(31)26-13-18(30)24-11-5-9-22-8-4-10-23-14-28/h3,6,14-15,21-22H,4-5,7-13H2,1-2H3,(H,23,28)(H,24,30)(H,25,32)(H,26,31)(H,27,29)/b6-3-,21-16?. The van der Waals surface area contributed by atoms with Gasteiger partial charge >= 0.3 is 0 Å². The molecule has 0 radical (unpaired) electrons. The van der Waals surface area contributed by atoms with Crippen molar-refractivity contribution in [2.45, 2.75) is 39.2 Å². The van der Waals surface area contributed by atoms with Crippen molar-refractivity contribution in [3.8, 4) is 0 Å². The molecule has 1 unspecified atom stereocenters. The fourth-order valence-corrected chi connectivity index (χ4v) is 2.33. The highest BCUT2D eigenvalue weighted by Crippen LogP contribution is 1.87. The fourth-order valence-electron chi connectivity index (χ4n) is 2.33. The molecule has 0 aliphatic rings. The van der Waals surface area contributed by atoms with Crippen molar-refractivity contribution in [2.75, 3.05) is 39.3 Å². The highest BCUT2D eigenvalue weighted by molar-refractivity contribution is 6.42. The Labute approximate surface area is 188 Å². The van der Waals surface area contributed by atoms with Gasteiger partial charge in [0.15, 0.2) is 0 Å². The minimum atomic E-state index is -0.842. The lowest BCUT2D eigenvalue weighted by Crippen LogP contribution is -2.48. The van der Waals surface area contributed by atoms with Crippen molar-refractivity contribution >= 4 is 35.8 Å². The van der Waals surface area contributed by atoms with Gasteiger partial charge in [-0.1, -0.05) is 6.08 Å². The summed E-state index contributed by atoms with van der Waals surface area (Å²) >= 11 is 0. The van der Waals surface area contributed by atoms with Crippen molar-refractivity contribution in [1.29, 1.82) is 5.41 Å². The van der Waals surface area contributed by atoms with Crippen LogP contribution in [0, 0.1) is 5.41 Å². The first-order valence-electron chi connectivity index (χ1n) is 10.5. The van der Waals surface area contributed by atoms with Crippen LogP contribution in [-0.4, -0.2) is 81.1 Å². The Balaban J connectivity index is 3.85. The minimum Gasteiger partial charge on any atom is -0.359 e. The van der Waals surface area contributed by atoms with Crippen molar-refractivity contribution < 1.29 is 24.0 Å². The van der Waals surface area contributed by atoms with Crippen LogP contribution in [0.1, 0.15) is 33.1 Å². The molecule has 0 saturated heterocycles. The van der Waals surface area contributed by atoms with Gasteiger partial charge in [-0.3, -0.25) is 29.4 Å². The summed E-state index contributed by atoms with van der Waals surface area (Å²) in [7, 11) is 0. The lowest BCUT2D eigenvalue weighted by molar-refractivity contribution is -0.130. The fraction of sp³-hybridized carbons (Fsp3) is 0.600. The van der Waals surface area contributed by atoms with Crippen LogP contribution in [0.3, 0.4) is 0 Å². The number of rotatable bonds is 18. The molecule has 0 aromatic rings.